The first-order chi connectivity index (χ1) is 18.6. The molecule has 0 spiro atoms. The Kier molecular flexibility index (Phi) is 8.65. The summed E-state index contributed by atoms with van der Waals surface area (Å²) in [6, 6.07) is 19.2. The zero-order chi connectivity index (χ0) is 26.3. The molecule has 0 bridgehead atoms. The number of piperidine rings is 1. The second kappa shape index (κ2) is 12.5. The molecule has 4 N–H and O–H groups in total. The highest BCUT2D eigenvalue weighted by Crippen LogP contribution is 2.34. The van der Waals surface area contributed by atoms with Crippen molar-refractivity contribution in [1.82, 2.24) is 5.32 Å². The van der Waals surface area contributed by atoms with E-state index in [1.807, 2.05) is 54.6 Å². The fraction of sp³-hybridized carbons (Fsp3) is 0.400. The van der Waals surface area contributed by atoms with Crippen molar-refractivity contribution in [1.29, 1.82) is 0 Å². The minimum Gasteiger partial charge on any atom is -0.506 e. The number of rotatable bonds is 11. The van der Waals surface area contributed by atoms with Crippen molar-refractivity contribution < 1.29 is 29.2 Å². The Bertz CT molecular complexity index is 1200. The van der Waals surface area contributed by atoms with Crippen molar-refractivity contribution in [3.05, 3.63) is 77.4 Å². The third kappa shape index (κ3) is 6.39. The average Bonchev–Trinajstić information content (AvgIpc) is 3.40. The molecule has 1 fully saturated rings. The van der Waals surface area contributed by atoms with Gasteiger partial charge >= 0.3 is 0 Å². The highest BCUT2D eigenvalue weighted by atomic mass is 16.5. The number of nitrogens with one attached hydrogen (secondary N) is 2. The first-order valence-corrected chi connectivity index (χ1v) is 13.2. The Hall–Kier alpha value is -3.30. The number of ether oxygens (including phenoxy) is 4. The number of methoxy groups -OCH3 is 1. The monoisotopic (exact) mass is 520 g/mol. The van der Waals surface area contributed by atoms with Crippen LogP contribution in [-0.4, -0.2) is 62.4 Å². The highest BCUT2D eigenvalue weighted by molar-refractivity contribution is 5.57. The number of hydrogen-bond acceptors (Lipinski definition) is 8. The Labute approximate surface area is 223 Å². The molecule has 8 heteroatoms. The van der Waals surface area contributed by atoms with Crippen LogP contribution in [0.3, 0.4) is 0 Å². The van der Waals surface area contributed by atoms with E-state index in [0.29, 0.717) is 38.5 Å². The van der Waals surface area contributed by atoms with Gasteiger partial charge in [-0.15, -0.1) is 0 Å². The zero-order valence-corrected chi connectivity index (χ0v) is 21.7. The molecule has 2 heterocycles. The van der Waals surface area contributed by atoms with Crippen molar-refractivity contribution in [2.75, 3.05) is 45.3 Å². The minimum atomic E-state index is -0.574. The van der Waals surface area contributed by atoms with Crippen molar-refractivity contribution in [2.24, 2.45) is 0 Å². The molecule has 0 radical (unpaired) electrons. The number of hydrogen-bond donors (Lipinski definition) is 4. The molecule has 2 aliphatic rings. The molecule has 3 atom stereocenters. The lowest BCUT2D eigenvalue weighted by Crippen LogP contribution is -2.49. The van der Waals surface area contributed by atoms with Crippen molar-refractivity contribution in [3.63, 3.8) is 0 Å². The first kappa shape index (κ1) is 26.3. The maximum absolute atomic E-state index is 10.9. The molecule has 3 aromatic carbocycles. The average molecular weight is 521 g/mol. The summed E-state index contributed by atoms with van der Waals surface area (Å²) in [4.78, 5) is 0. The molecule has 0 aromatic heterocycles. The molecule has 202 valence electrons. The number of aromatic hydroxyl groups is 1. The third-order valence-electron chi connectivity index (χ3n) is 7.04. The molecule has 0 saturated carbocycles. The quantitative estimate of drug-likeness (QED) is 0.221. The summed E-state index contributed by atoms with van der Waals surface area (Å²) in [5.74, 6) is 2.48. The van der Waals surface area contributed by atoms with E-state index < -0.39 is 6.10 Å². The van der Waals surface area contributed by atoms with E-state index in [-0.39, 0.29) is 17.8 Å². The number of aliphatic hydroxyl groups is 1. The highest BCUT2D eigenvalue weighted by Gasteiger charge is 2.34. The molecule has 0 aliphatic carbocycles. The summed E-state index contributed by atoms with van der Waals surface area (Å²) >= 11 is 0. The summed E-state index contributed by atoms with van der Waals surface area (Å²) in [5, 5.41) is 27.6. The molecule has 1 saturated heterocycles. The molecular formula is C30H36N2O6. The van der Waals surface area contributed by atoms with Gasteiger partial charge in [0.2, 0.25) is 0 Å². The Balaban J connectivity index is 1.22. The van der Waals surface area contributed by atoms with E-state index >= 15 is 0 Å². The van der Waals surface area contributed by atoms with Crippen LogP contribution in [0, 0.1) is 0 Å². The Morgan fingerprint density at radius 1 is 1.03 bits per heavy atom. The Morgan fingerprint density at radius 2 is 1.87 bits per heavy atom. The van der Waals surface area contributed by atoms with Gasteiger partial charge in [0.15, 0.2) is 0 Å². The maximum Gasteiger partial charge on any atom is 0.138 e. The molecule has 38 heavy (non-hydrogen) atoms. The van der Waals surface area contributed by atoms with Crippen LogP contribution in [-0.2, 0) is 22.5 Å². The SMILES string of the molecule is COCCCNc1cc(CO[C@H]2CNC[C@@H](O)C2c2ccc(Oc3ccc4c(c3)CCO4)cc2)ccc1O. The van der Waals surface area contributed by atoms with Crippen molar-refractivity contribution in [3.8, 4) is 23.0 Å². The van der Waals surface area contributed by atoms with Crippen LogP contribution < -0.4 is 20.1 Å². The summed E-state index contributed by atoms with van der Waals surface area (Å²) in [7, 11) is 1.67. The molecular weight excluding hydrogens is 484 g/mol. The second-order valence-corrected chi connectivity index (χ2v) is 9.76. The van der Waals surface area contributed by atoms with E-state index in [0.717, 1.165) is 47.8 Å². The van der Waals surface area contributed by atoms with Crippen LogP contribution >= 0.6 is 0 Å². The van der Waals surface area contributed by atoms with E-state index in [9.17, 15) is 10.2 Å². The summed E-state index contributed by atoms with van der Waals surface area (Å²) in [6.07, 6.45) is 0.955. The van der Waals surface area contributed by atoms with E-state index in [1.54, 1.807) is 13.2 Å². The molecule has 8 nitrogen and oxygen atoms in total. The number of fused-ring (bicyclic) bond motifs is 1. The largest absolute Gasteiger partial charge is 0.506 e. The van der Waals surface area contributed by atoms with Gasteiger partial charge in [-0.05, 0) is 60.0 Å². The zero-order valence-electron chi connectivity index (χ0n) is 21.7. The van der Waals surface area contributed by atoms with Gasteiger partial charge in [-0.3, -0.25) is 0 Å². The van der Waals surface area contributed by atoms with Gasteiger partial charge in [0, 0.05) is 51.3 Å². The van der Waals surface area contributed by atoms with Crippen LogP contribution in [0.25, 0.3) is 0 Å². The number of benzene rings is 3. The van der Waals surface area contributed by atoms with Gasteiger partial charge < -0.3 is 39.8 Å². The first-order valence-electron chi connectivity index (χ1n) is 13.2. The predicted octanol–water partition coefficient (Wildman–Crippen LogP) is 4.20. The summed E-state index contributed by atoms with van der Waals surface area (Å²) in [5.41, 5.74) is 3.79. The van der Waals surface area contributed by atoms with E-state index in [4.69, 9.17) is 18.9 Å². The van der Waals surface area contributed by atoms with Gasteiger partial charge in [-0.25, -0.2) is 0 Å². The van der Waals surface area contributed by atoms with Crippen LogP contribution in [0.1, 0.15) is 29.0 Å². The fourth-order valence-electron chi connectivity index (χ4n) is 5.05. The number of aliphatic hydroxyl groups excluding tert-OH is 1. The van der Waals surface area contributed by atoms with Crippen molar-refractivity contribution in [2.45, 2.75) is 37.6 Å². The van der Waals surface area contributed by atoms with Gasteiger partial charge in [-0.1, -0.05) is 18.2 Å². The molecule has 5 rings (SSSR count). The smallest absolute Gasteiger partial charge is 0.138 e. The van der Waals surface area contributed by atoms with Crippen LogP contribution in [0.4, 0.5) is 5.69 Å². The number of anilines is 1. The number of phenolic OH excluding ortho intramolecular Hbond substituents is 1. The van der Waals surface area contributed by atoms with Gasteiger partial charge in [-0.2, -0.15) is 0 Å². The van der Waals surface area contributed by atoms with Crippen molar-refractivity contribution >= 4 is 5.69 Å². The lowest BCUT2D eigenvalue weighted by atomic mass is 9.85. The number of β-amino-alcohol motifs (C(OH)–C–C–N with tert-alkyl or cyclic N) is 1. The van der Waals surface area contributed by atoms with Crippen LogP contribution in [0.2, 0.25) is 0 Å². The topological polar surface area (TPSA) is 101 Å². The van der Waals surface area contributed by atoms with Gasteiger partial charge in [0.1, 0.15) is 23.0 Å². The maximum atomic E-state index is 10.9. The number of phenols is 1. The van der Waals surface area contributed by atoms with E-state index in [1.165, 1.54) is 5.56 Å². The van der Waals surface area contributed by atoms with Gasteiger partial charge in [0.25, 0.3) is 0 Å². The lowest BCUT2D eigenvalue weighted by Gasteiger charge is -2.36. The Morgan fingerprint density at radius 3 is 2.71 bits per heavy atom. The minimum absolute atomic E-state index is 0.175. The fourth-order valence-corrected chi connectivity index (χ4v) is 5.05. The summed E-state index contributed by atoms with van der Waals surface area (Å²) in [6.45, 7) is 3.59. The normalized spacial score (nSPS) is 20.5. The lowest BCUT2D eigenvalue weighted by molar-refractivity contribution is -0.0328. The second-order valence-electron chi connectivity index (χ2n) is 9.76. The molecule has 3 aromatic rings. The van der Waals surface area contributed by atoms with E-state index in [2.05, 4.69) is 10.6 Å². The molecule has 1 unspecified atom stereocenters. The van der Waals surface area contributed by atoms with Crippen LogP contribution in [0.5, 0.6) is 23.0 Å². The van der Waals surface area contributed by atoms with Gasteiger partial charge in [0.05, 0.1) is 31.1 Å². The standard InChI is InChI=1S/C30H36N2O6/c1-35-13-2-12-32-25-15-20(3-9-26(25)33)19-37-29-18-31-17-27(34)30(29)21-4-6-23(7-5-21)38-24-8-10-28-22(16-24)11-14-36-28/h3-10,15-16,27,29-34H,2,11-14,17-19H2,1H3/t27-,29+,30?/m1/s1. The molecule has 0 amide bonds. The third-order valence-corrected chi connectivity index (χ3v) is 7.04. The van der Waals surface area contributed by atoms with Crippen LogP contribution in [0.15, 0.2) is 60.7 Å². The predicted molar refractivity (Wildman–Crippen MR) is 145 cm³/mol. The molecule has 2 aliphatic heterocycles. The summed E-state index contributed by atoms with van der Waals surface area (Å²) < 4.78 is 23.0.